The summed E-state index contributed by atoms with van der Waals surface area (Å²) in [7, 11) is 1.31. The van der Waals surface area contributed by atoms with Gasteiger partial charge in [-0.05, 0) is 42.3 Å². The third kappa shape index (κ3) is 4.34. The maximum Gasteiger partial charge on any atom is 0.295 e. The van der Waals surface area contributed by atoms with Crippen LogP contribution in [0.5, 0.6) is 5.75 Å². The molecule has 170 valence electrons. The number of halogens is 2. The van der Waals surface area contributed by atoms with Crippen LogP contribution in [0.4, 0.5) is 8.78 Å². The molecule has 2 heterocycles. The molecule has 3 aromatic rings. The normalized spacial score (nSPS) is 17.5. The first-order chi connectivity index (χ1) is 15.9. The Labute approximate surface area is 188 Å². The maximum atomic E-state index is 14.2. The number of hydrogen-bond donors (Lipinski definition) is 1. The van der Waals surface area contributed by atoms with E-state index in [0.29, 0.717) is 18.5 Å². The standard InChI is InChI=1S/C24H21F2N3O4/c1-33-19-8-5-16(13-18(19)26)22(30)20-21(15-3-6-17(25)7-4-15)29(24(32)23(20)31)11-2-10-28-12-9-27-14-28/h3-9,12-14,21,30H,2,10-11H2,1H3/t21-/m1/s1. The van der Waals surface area contributed by atoms with Crippen molar-refractivity contribution in [2.24, 2.45) is 0 Å². The molecule has 0 bridgehead atoms. The molecular weight excluding hydrogens is 432 g/mol. The molecule has 0 aliphatic carbocycles. The summed E-state index contributed by atoms with van der Waals surface area (Å²) < 4.78 is 34.5. The zero-order valence-electron chi connectivity index (χ0n) is 17.7. The topological polar surface area (TPSA) is 84.7 Å². The molecule has 0 spiro atoms. The Kier molecular flexibility index (Phi) is 6.21. The highest BCUT2D eigenvalue weighted by atomic mass is 19.1. The molecule has 1 atom stereocenters. The van der Waals surface area contributed by atoms with E-state index in [0.717, 1.165) is 6.07 Å². The minimum absolute atomic E-state index is 0.0248. The van der Waals surface area contributed by atoms with Gasteiger partial charge in [0.15, 0.2) is 11.6 Å². The number of carbonyl (C=O) groups is 2. The van der Waals surface area contributed by atoms with Crippen LogP contribution in [0, 0.1) is 11.6 Å². The van der Waals surface area contributed by atoms with Crippen LogP contribution in [0.1, 0.15) is 23.6 Å². The molecule has 0 unspecified atom stereocenters. The van der Waals surface area contributed by atoms with Crippen molar-refractivity contribution in [3.8, 4) is 5.75 Å². The van der Waals surface area contributed by atoms with Crippen LogP contribution in [0.15, 0.2) is 66.8 Å². The number of rotatable bonds is 7. The van der Waals surface area contributed by atoms with Gasteiger partial charge in [-0.25, -0.2) is 13.8 Å². The predicted molar refractivity (Wildman–Crippen MR) is 115 cm³/mol. The molecule has 4 rings (SSSR count). The Hall–Kier alpha value is -4.01. The minimum Gasteiger partial charge on any atom is -0.507 e. The van der Waals surface area contributed by atoms with Crippen LogP contribution >= 0.6 is 0 Å². The van der Waals surface area contributed by atoms with E-state index in [1.165, 1.54) is 48.4 Å². The largest absolute Gasteiger partial charge is 0.507 e. The molecular formula is C24H21F2N3O4. The molecule has 1 saturated heterocycles. The molecule has 1 aliphatic rings. The second-order valence-corrected chi connectivity index (χ2v) is 7.55. The van der Waals surface area contributed by atoms with E-state index >= 15 is 0 Å². The fraction of sp³-hybridized carbons (Fsp3) is 0.208. The summed E-state index contributed by atoms with van der Waals surface area (Å²) in [6, 6.07) is 8.14. The average Bonchev–Trinajstić information content (AvgIpc) is 3.41. The van der Waals surface area contributed by atoms with Crippen molar-refractivity contribution in [2.45, 2.75) is 19.0 Å². The predicted octanol–water partition coefficient (Wildman–Crippen LogP) is 3.68. The maximum absolute atomic E-state index is 14.2. The minimum atomic E-state index is -0.946. The Morgan fingerprint density at radius 3 is 2.52 bits per heavy atom. The van der Waals surface area contributed by atoms with Crippen LogP contribution in [0.2, 0.25) is 0 Å². The van der Waals surface area contributed by atoms with Crippen molar-refractivity contribution in [1.82, 2.24) is 14.5 Å². The molecule has 9 heteroatoms. The third-order valence-electron chi connectivity index (χ3n) is 5.53. The molecule has 1 amide bonds. The van der Waals surface area contributed by atoms with E-state index in [1.807, 2.05) is 4.57 Å². The number of carbonyl (C=O) groups excluding carboxylic acids is 2. The van der Waals surface area contributed by atoms with Crippen molar-refractivity contribution in [2.75, 3.05) is 13.7 Å². The van der Waals surface area contributed by atoms with Crippen molar-refractivity contribution in [3.05, 3.63) is 89.5 Å². The number of ether oxygens (including phenoxy) is 1. The molecule has 1 aromatic heterocycles. The van der Waals surface area contributed by atoms with Crippen molar-refractivity contribution in [1.29, 1.82) is 0 Å². The Morgan fingerprint density at radius 1 is 1.12 bits per heavy atom. The van der Waals surface area contributed by atoms with Crippen molar-refractivity contribution in [3.63, 3.8) is 0 Å². The summed E-state index contributed by atoms with van der Waals surface area (Å²) in [5, 5.41) is 11.0. The van der Waals surface area contributed by atoms with Crippen LogP contribution in [-0.2, 0) is 16.1 Å². The number of methoxy groups -OCH3 is 1. The molecule has 0 radical (unpaired) electrons. The fourth-order valence-corrected chi connectivity index (χ4v) is 3.91. The summed E-state index contributed by atoms with van der Waals surface area (Å²) in [6.07, 6.45) is 5.57. The summed E-state index contributed by atoms with van der Waals surface area (Å²) in [6.45, 7) is 0.765. The van der Waals surface area contributed by atoms with Gasteiger partial charge in [-0.2, -0.15) is 0 Å². The molecule has 1 fully saturated rings. The molecule has 1 N–H and O–H groups in total. The number of nitrogens with zero attached hydrogens (tertiary/aromatic N) is 3. The van der Waals surface area contributed by atoms with E-state index in [1.54, 1.807) is 18.7 Å². The van der Waals surface area contributed by atoms with Crippen LogP contribution in [0.25, 0.3) is 5.76 Å². The van der Waals surface area contributed by atoms with Gasteiger partial charge in [-0.15, -0.1) is 0 Å². The van der Waals surface area contributed by atoms with Gasteiger partial charge in [0.2, 0.25) is 0 Å². The van der Waals surface area contributed by atoms with E-state index in [4.69, 9.17) is 4.74 Å². The number of imidazole rings is 1. The lowest BCUT2D eigenvalue weighted by Gasteiger charge is -2.25. The number of likely N-dealkylation sites (tertiary alicyclic amines) is 1. The number of Topliss-reactive ketones (excluding diaryl/α,β-unsaturated/α-hetero) is 1. The summed E-state index contributed by atoms with van der Waals surface area (Å²) in [5.41, 5.74) is 0.296. The second-order valence-electron chi connectivity index (χ2n) is 7.55. The van der Waals surface area contributed by atoms with Gasteiger partial charge in [-0.1, -0.05) is 12.1 Å². The number of aliphatic hydroxyl groups is 1. The number of amides is 1. The van der Waals surface area contributed by atoms with Gasteiger partial charge in [0.05, 0.1) is 25.1 Å². The number of aryl methyl sites for hydroxylation is 1. The highest BCUT2D eigenvalue weighted by molar-refractivity contribution is 6.46. The molecule has 7 nitrogen and oxygen atoms in total. The van der Waals surface area contributed by atoms with E-state index in [9.17, 15) is 23.5 Å². The fourth-order valence-electron chi connectivity index (χ4n) is 3.91. The zero-order valence-corrected chi connectivity index (χ0v) is 17.7. The van der Waals surface area contributed by atoms with Gasteiger partial charge < -0.3 is 19.3 Å². The lowest BCUT2D eigenvalue weighted by Crippen LogP contribution is -2.31. The smallest absolute Gasteiger partial charge is 0.295 e. The van der Waals surface area contributed by atoms with Gasteiger partial charge in [-0.3, -0.25) is 9.59 Å². The Bertz CT molecular complexity index is 1210. The average molecular weight is 453 g/mol. The van der Waals surface area contributed by atoms with E-state index in [2.05, 4.69) is 4.98 Å². The highest BCUT2D eigenvalue weighted by Gasteiger charge is 2.45. The van der Waals surface area contributed by atoms with Gasteiger partial charge in [0.1, 0.15) is 11.6 Å². The summed E-state index contributed by atoms with van der Waals surface area (Å²) >= 11 is 0. The zero-order chi connectivity index (χ0) is 23.5. The second kappa shape index (κ2) is 9.23. The monoisotopic (exact) mass is 453 g/mol. The quantitative estimate of drug-likeness (QED) is 0.335. The van der Waals surface area contributed by atoms with Crippen LogP contribution < -0.4 is 4.74 Å². The Morgan fingerprint density at radius 2 is 1.88 bits per heavy atom. The molecule has 33 heavy (non-hydrogen) atoms. The Balaban J connectivity index is 1.74. The summed E-state index contributed by atoms with van der Waals surface area (Å²) in [5.74, 6) is -3.42. The number of benzene rings is 2. The molecule has 2 aromatic carbocycles. The highest BCUT2D eigenvalue weighted by Crippen LogP contribution is 2.40. The molecule has 0 saturated carbocycles. The summed E-state index contributed by atoms with van der Waals surface area (Å²) in [4.78, 5) is 31.2. The molecule has 1 aliphatic heterocycles. The van der Waals surface area contributed by atoms with Gasteiger partial charge in [0, 0.05) is 31.0 Å². The van der Waals surface area contributed by atoms with Gasteiger partial charge >= 0.3 is 0 Å². The first-order valence-corrected chi connectivity index (χ1v) is 10.2. The number of aromatic nitrogens is 2. The van der Waals surface area contributed by atoms with Gasteiger partial charge in [0.25, 0.3) is 11.7 Å². The van der Waals surface area contributed by atoms with E-state index in [-0.39, 0.29) is 23.4 Å². The number of ketones is 1. The third-order valence-corrected chi connectivity index (χ3v) is 5.53. The lowest BCUT2D eigenvalue weighted by molar-refractivity contribution is -0.139. The van der Waals surface area contributed by atoms with Crippen LogP contribution in [-0.4, -0.2) is 44.9 Å². The van der Waals surface area contributed by atoms with Crippen molar-refractivity contribution >= 4 is 17.4 Å². The SMILES string of the molecule is COc1ccc(C(O)=C2C(=O)C(=O)N(CCCn3ccnc3)[C@@H]2c2ccc(F)cc2)cc1F. The number of hydrogen-bond acceptors (Lipinski definition) is 5. The first-order valence-electron chi connectivity index (χ1n) is 10.2. The lowest BCUT2D eigenvalue weighted by atomic mass is 9.95. The first kappa shape index (κ1) is 22.2. The number of aliphatic hydroxyl groups excluding tert-OH is 1. The van der Waals surface area contributed by atoms with Crippen molar-refractivity contribution < 1.29 is 28.2 Å². The van der Waals surface area contributed by atoms with E-state index < -0.39 is 35.1 Å². The van der Waals surface area contributed by atoms with Crippen LogP contribution in [0.3, 0.4) is 0 Å².